The third-order valence-electron chi connectivity index (χ3n) is 2.17. The molecule has 0 aromatic carbocycles. The number of piperidine rings is 1. The molecule has 1 saturated heterocycles. The van der Waals surface area contributed by atoms with E-state index < -0.39 is 0 Å². The Balaban J connectivity index is 2.07. The molecule has 1 fully saturated rings. The van der Waals surface area contributed by atoms with Crippen LogP contribution in [0.5, 0.6) is 0 Å². The summed E-state index contributed by atoms with van der Waals surface area (Å²) in [5.74, 6) is 0. The summed E-state index contributed by atoms with van der Waals surface area (Å²) in [6, 6.07) is 0. The van der Waals surface area contributed by atoms with E-state index in [9.17, 15) is 5.11 Å². The Kier molecular flexibility index (Phi) is 4.71. The first-order chi connectivity index (χ1) is 5.33. The maximum absolute atomic E-state index is 9.22. The Morgan fingerprint density at radius 1 is 1.36 bits per heavy atom. The Hall–Kier alpha value is 0.650. The van der Waals surface area contributed by atoms with Crippen LogP contribution in [0, 0.1) is 0 Å². The fourth-order valence-corrected chi connectivity index (χ4v) is 1.77. The molecule has 11 heavy (non-hydrogen) atoms. The molecule has 0 bridgehead atoms. The van der Waals surface area contributed by atoms with Gasteiger partial charge in [-0.25, -0.2) is 0 Å². The predicted octanol–water partition coefficient (Wildman–Crippen LogP) is 1.27. The Bertz CT molecular complexity index is 99.5. The summed E-state index contributed by atoms with van der Waals surface area (Å²) < 4.78 is 1.25. The van der Waals surface area contributed by atoms with Crippen molar-refractivity contribution >= 4 is 22.6 Å². The fourth-order valence-electron chi connectivity index (χ4n) is 1.43. The number of nitrogens with zero attached hydrogens (tertiary/aromatic N) is 1. The van der Waals surface area contributed by atoms with Crippen LogP contribution in [0.25, 0.3) is 0 Å². The maximum Gasteiger partial charge on any atom is 0.0564 e. The monoisotopic (exact) mass is 269 g/mol. The molecule has 66 valence electrons. The molecule has 1 N–H and O–H groups in total. The Labute approximate surface area is 82.1 Å². The highest BCUT2D eigenvalue weighted by Gasteiger charge is 2.15. The van der Waals surface area contributed by atoms with Gasteiger partial charge in [0.25, 0.3) is 0 Å². The van der Waals surface area contributed by atoms with Crippen LogP contribution in [0.3, 0.4) is 0 Å². The molecule has 1 heterocycles. The molecule has 1 rings (SSSR count). The van der Waals surface area contributed by atoms with Crippen molar-refractivity contribution in [3.63, 3.8) is 0 Å². The van der Waals surface area contributed by atoms with E-state index in [0.717, 1.165) is 25.9 Å². The molecule has 1 aliphatic rings. The largest absolute Gasteiger partial charge is 0.393 e. The average molecular weight is 269 g/mol. The van der Waals surface area contributed by atoms with Crippen molar-refractivity contribution in [1.29, 1.82) is 0 Å². The van der Waals surface area contributed by atoms with Crippen molar-refractivity contribution in [1.82, 2.24) is 4.90 Å². The molecule has 0 saturated carbocycles. The average Bonchev–Trinajstić information content (AvgIpc) is 2.04. The first kappa shape index (κ1) is 9.74. The van der Waals surface area contributed by atoms with Crippen LogP contribution in [-0.4, -0.2) is 40.2 Å². The van der Waals surface area contributed by atoms with Crippen LogP contribution in [-0.2, 0) is 0 Å². The zero-order chi connectivity index (χ0) is 8.10. The van der Waals surface area contributed by atoms with Crippen molar-refractivity contribution in [3.05, 3.63) is 0 Å². The van der Waals surface area contributed by atoms with E-state index in [0.29, 0.717) is 0 Å². The van der Waals surface area contributed by atoms with Gasteiger partial charge in [-0.15, -0.1) is 0 Å². The second-order valence-electron chi connectivity index (χ2n) is 3.12. The van der Waals surface area contributed by atoms with Gasteiger partial charge in [-0.1, -0.05) is 22.6 Å². The van der Waals surface area contributed by atoms with E-state index in [2.05, 4.69) is 27.5 Å². The van der Waals surface area contributed by atoms with Gasteiger partial charge in [0, 0.05) is 17.5 Å². The van der Waals surface area contributed by atoms with Gasteiger partial charge in [0.05, 0.1) is 6.10 Å². The molecule has 1 aliphatic heterocycles. The zero-order valence-corrected chi connectivity index (χ0v) is 8.96. The van der Waals surface area contributed by atoms with Gasteiger partial charge >= 0.3 is 0 Å². The molecule has 0 radical (unpaired) electrons. The van der Waals surface area contributed by atoms with Gasteiger partial charge in [0.15, 0.2) is 0 Å². The van der Waals surface area contributed by atoms with Gasteiger partial charge in [-0.05, 0) is 25.8 Å². The summed E-state index contributed by atoms with van der Waals surface area (Å²) in [4.78, 5) is 2.45. The fraction of sp³-hybridized carbons (Fsp3) is 1.00. The van der Waals surface area contributed by atoms with Crippen molar-refractivity contribution in [2.24, 2.45) is 0 Å². The van der Waals surface area contributed by atoms with Crippen LogP contribution in [0.4, 0.5) is 0 Å². The first-order valence-corrected chi connectivity index (χ1v) is 5.82. The second kappa shape index (κ2) is 5.32. The van der Waals surface area contributed by atoms with E-state index in [4.69, 9.17) is 0 Å². The molecule has 0 unspecified atom stereocenters. The molecule has 0 amide bonds. The molecule has 0 spiro atoms. The van der Waals surface area contributed by atoms with Crippen molar-refractivity contribution < 1.29 is 5.11 Å². The minimum atomic E-state index is -0.0224. The van der Waals surface area contributed by atoms with Gasteiger partial charge < -0.3 is 10.0 Å². The van der Waals surface area contributed by atoms with Crippen molar-refractivity contribution in [2.75, 3.05) is 24.1 Å². The summed E-state index contributed by atoms with van der Waals surface area (Å²) in [5, 5.41) is 9.22. The number of aliphatic hydroxyl groups is 1. The first-order valence-electron chi connectivity index (χ1n) is 4.29. The highest BCUT2D eigenvalue weighted by molar-refractivity contribution is 14.1. The lowest BCUT2D eigenvalue weighted by Gasteiger charge is -2.29. The topological polar surface area (TPSA) is 23.5 Å². The zero-order valence-electron chi connectivity index (χ0n) is 6.80. The van der Waals surface area contributed by atoms with Crippen LogP contribution < -0.4 is 0 Å². The van der Waals surface area contributed by atoms with Crippen molar-refractivity contribution in [3.8, 4) is 0 Å². The van der Waals surface area contributed by atoms with Crippen LogP contribution in [0.2, 0.25) is 0 Å². The van der Waals surface area contributed by atoms with Gasteiger partial charge in [-0.3, -0.25) is 0 Å². The lowest BCUT2D eigenvalue weighted by Crippen LogP contribution is -2.36. The number of hydrogen-bond donors (Lipinski definition) is 1. The molecule has 0 aromatic rings. The molecule has 2 nitrogen and oxygen atoms in total. The molecule has 0 aromatic heterocycles. The van der Waals surface area contributed by atoms with E-state index in [1.807, 2.05) is 0 Å². The van der Waals surface area contributed by atoms with Gasteiger partial charge in [-0.2, -0.15) is 0 Å². The van der Waals surface area contributed by atoms with E-state index in [1.165, 1.54) is 17.4 Å². The third-order valence-corrected chi connectivity index (χ3v) is 2.93. The number of rotatable bonds is 3. The standard InChI is InChI=1S/C8H16INO/c9-4-1-5-10-6-2-8(11)3-7-10/h8,11H,1-7H2. The summed E-state index contributed by atoms with van der Waals surface area (Å²) >= 11 is 2.41. The molecular formula is C8H16INO. The number of aliphatic hydroxyl groups excluding tert-OH is 1. The summed E-state index contributed by atoms with van der Waals surface area (Å²) in [6.07, 6.45) is 3.21. The molecule has 3 heteroatoms. The van der Waals surface area contributed by atoms with E-state index >= 15 is 0 Å². The number of halogens is 1. The molecule has 0 aliphatic carbocycles. The molecule has 0 atom stereocenters. The van der Waals surface area contributed by atoms with E-state index in [1.54, 1.807) is 0 Å². The molecular weight excluding hydrogens is 253 g/mol. The number of alkyl halides is 1. The van der Waals surface area contributed by atoms with Crippen LogP contribution >= 0.6 is 22.6 Å². The quantitative estimate of drug-likeness (QED) is 0.616. The smallest absolute Gasteiger partial charge is 0.0564 e. The summed E-state index contributed by atoms with van der Waals surface area (Å²) in [5.41, 5.74) is 0. The number of hydrogen-bond acceptors (Lipinski definition) is 2. The minimum absolute atomic E-state index is 0.0224. The normalized spacial score (nSPS) is 22.4. The second-order valence-corrected chi connectivity index (χ2v) is 4.19. The van der Waals surface area contributed by atoms with Gasteiger partial charge in [0.1, 0.15) is 0 Å². The highest BCUT2D eigenvalue weighted by atomic mass is 127. The summed E-state index contributed by atoms with van der Waals surface area (Å²) in [6.45, 7) is 3.41. The number of likely N-dealkylation sites (tertiary alicyclic amines) is 1. The third kappa shape index (κ3) is 3.71. The minimum Gasteiger partial charge on any atom is -0.393 e. The van der Waals surface area contributed by atoms with Crippen LogP contribution in [0.15, 0.2) is 0 Å². The van der Waals surface area contributed by atoms with E-state index in [-0.39, 0.29) is 6.10 Å². The van der Waals surface area contributed by atoms with Gasteiger partial charge in [0.2, 0.25) is 0 Å². The lowest BCUT2D eigenvalue weighted by atomic mass is 10.1. The highest BCUT2D eigenvalue weighted by Crippen LogP contribution is 2.09. The predicted molar refractivity (Wildman–Crippen MR) is 55.2 cm³/mol. The Morgan fingerprint density at radius 3 is 2.55 bits per heavy atom. The van der Waals surface area contributed by atoms with Crippen molar-refractivity contribution in [2.45, 2.75) is 25.4 Å². The Morgan fingerprint density at radius 2 is 2.00 bits per heavy atom. The SMILES string of the molecule is OC1CCN(CCCI)CC1. The summed E-state index contributed by atoms with van der Waals surface area (Å²) in [7, 11) is 0. The van der Waals surface area contributed by atoms with Crippen LogP contribution in [0.1, 0.15) is 19.3 Å². The lowest BCUT2D eigenvalue weighted by molar-refractivity contribution is 0.0829. The maximum atomic E-state index is 9.22.